The predicted molar refractivity (Wildman–Crippen MR) is 131 cm³/mol. The molecule has 0 aliphatic rings. The van der Waals surface area contributed by atoms with Crippen LogP contribution in [-0.4, -0.2) is 23.1 Å². The molecule has 0 radical (unpaired) electrons. The molecule has 0 aliphatic carbocycles. The van der Waals surface area contributed by atoms with E-state index in [4.69, 9.17) is 4.74 Å². The number of anilines is 1. The summed E-state index contributed by atoms with van der Waals surface area (Å²) in [6, 6.07) is 25.9. The van der Waals surface area contributed by atoms with Gasteiger partial charge in [0, 0.05) is 23.2 Å². The Bertz CT molecular complexity index is 1210. The minimum atomic E-state index is -0.147. The first-order valence-electron chi connectivity index (χ1n) is 10.3. The summed E-state index contributed by atoms with van der Waals surface area (Å²) in [5, 5.41) is 12.4. The van der Waals surface area contributed by atoms with E-state index in [9.17, 15) is 9.90 Å². The number of hydrogen-bond acceptors (Lipinski definition) is 6. The number of phenols is 1. The lowest BCUT2D eigenvalue weighted by Gasteiger charge is -2.09. The molecule has 1 amide bonds. The average Bonchev–Trinajstić information content (AvgIpc) is 2.87. The van der Waals surface area contributed by atoms with E-state index in [0.29, 0.717) is 17.9 Å². The van der Waals surface area contributed by atoms with Crippen LogP contribution in [-0.2, 0) is 6.54 Å². The molecule has 6 nitrogen and oxygen atoms in total. The number of phenolic OH excluding ortho intramolecular Hbond substituents is 1. The second-order valence-corrected chi connectivity index (χ2v) is 8.12. The zero-order chi connectivity index (χ0) is 23.0. The summed E-state index contributed by atoms with van der Waals surface area (Å²) >= 11 is 1.45. The standard InChI is InChI=1S/C26H23N3O3S/c1-32-23-10-12-24(13-11-23)33-29-25-16-18(14-15-27-25)17-28-26(31)21-4-2-19(3-5-21)20-6-8-22(30)9-7-20/h2-16,30H,17H2,1H3,(H,27,29)(H,28,31). The highest BCUT2D eigenvalue weighted by Crippen LogP contribution is 2.24. The van der Waals surface area contributed by atoms with Crippen LogP contribution in [0.4, 0.5) is 5.82 Å². The fourth-order valence-corrected chi connectivity index (χ4v) is 3.75. The van der Waals surface area contributed by atoms with Crippen molar-refractivity contribution in [2.75, 3.05) is 11.8 Å². The quantitative estimate of drug-likeness (QED) is 0.303. The number of ether oxygens (including phenoxy) is 1. The minimum Gasteiger partial charge on any atom is -0.508 e. The Morgan fingerprint density at radius 3 is 2.27 bits per heavy atom. The van der Waals surface area contributed by atoms with Crippen molar-refractivity contribution in [3.05, 3.63) is 102 Å². The molecule has 1 aromatic heterocycles. The molecule has 0 saturated carbocycles. The van der Waals surface area contributed by atoms with Crippen LogP contribution in [0.25, 0.3) is 11.1 Å². The average molecular weight is 458 g/mol. The Hall–Kier alpha value is -3.97. The van der Waals surface area contributed by atoms with E-state index < -0.39 is 0 Å². The highest BCUT2D eigenvalue weighted by molar-refractivity contribution is 8.00. The van der Waals surface area contributed by atoms with Crippen LogP contribution in [0.3, 0.4) is 0 Å². The summed E-state index contributed by atoms with van der Waals surface area (Å²) in [5.74, 6) is 1.60. The molecule has 3 aromatic carbocycles. The molecule has 4 aromatic rings. The molecule has 0 unspecified atom stereocenters. The van der Waals surface area contributed by atoms with E-state index in [1.165, 1.54) is 11.9 Å². The van der Waals surface area contributed by atoms with Gasteiger partial charge in [0.15, 0.2) is 0 Å². The third-order valence-electron chi connectivity index (χ3n) is 4.96. The fourth-order valence-electron chi connectivity index (χ4n) is 3.15. The number of aromatic hydroxyl groups is 1. The van der Waals surface area contributed by atoms with Crippen LogP contribution < -0.4 is 14.8 Å². The molecule has 7 heteroatoms. The summed E-state index contributed by atoms with van der Waals surface area (Å²) in [5.41, 5.74) is 3.48. The number of hydrogen-bond donors (Lipinski definition) is 3. The van der Waals surface area contributed by atoms with Gasteiger partial charge in [-0.25, -0.2) is 4.98 Å². The minimum absolute atomic E-state index is 0.147. The molecule has 0 fully saturated rings. The van der Waals surface area contributed by atoms with Crippen molar-refractivity contribution in [1.82, 2.24) is 10.3 Å². The lowest BCUT2D eigenvalue weighted by atomic mass is 10.0. The van der Waals surface area contributed by atoms with Crippen molar-refractivity contribution < 1.29 is 14.6 Å². The van der Waals surface area contributed by atoms with Gasteiger partial charge in [0.1, 0.15) is 17.3 Å². The van der Waals surface area contributed by atoms with Crippen LogP contribution in [0.15, 0.2) is 96.0 Å². The molecule has 4 rings (SSSR count). The number of amides is 1. The van der Waals surface area contributed by atoms with Gasteiger partial charge in [0.05, 0.1) is 7.11 Å². The summed E-state index contributed by atoms with van der Waals surface area (Å²) in [4.78, 5) is 17.9. The van der Waals surface area contributed by atoms with Crippen molar-refractivity contribution in [2.45, 2.75) is 11.4 Å². The van der Waals surface area contributed by atoms with Crippen molar-refractivity contribution in [1.29, 1.82) is 0 Å². The van der Waals surface area contributed by atoms with E-state index in [0.717, 1.165) is 27.3 Å². The van der Waals surface area contributed by atoms with E-state index in [1.807, 2.05) is 60.7 Å². The van der Waals surface area contributed by atoms with E-state index in [1.54, 1.807) is 37.6 Å². The smallest absolute Gasteiger partial charge is 0.251 e. The number of nitrogens with zero attached hydrogens (tertiary/aromatic N) is 1. The van der Waals surface area contributed by atoms with Crippen LogP contribution in [0, 0.1) is 0 Å². The number of rotatable bonds is 8. The number of carbonyl (C=O) groups is 1. The fraction of sp³-hybridized carbons (Fsp3) is 0.0769. The Morgan fingerprint density at radius 2 is 1.61 bits per heavy atom. The van der Waals surface area contributed by atoms with Crippen molar-refractivity contribution in [3.63, 3.8) is 0 Å². The van der Waals surface area contributed by atoms with Crippen LogP contribution in [0.1, 0.15) is 15.9 Å². The molecule has 0 spiro atoms. The molecule has 0 atom stereocenters. The van der Waals surface area contributed by atoms with Gasteiger partial charge in [0.25, 0.3) is 5.91 Å². The number of methoxy groups -OCH3 is 1. The number of carbonyl (C=O) groups excluding carboxylic acids is 1. The third-order valence-corrected chi connectivity index (χ3v) is 5.78. The number of nitrogens with one attached hydrogen (secondary N) is 2. The third kappa shape index (κ3) is 6.05. The summed E-state index contributed by atoms with van der Waals surface area (Å²) < 4.78 is 8.39. The van der Waals surface area contributed by atoms with Gasteiger partial charge in [-0.05, 0) is 89.3 Å². The van der Waals surface area contributed by atoms with Gasteiger partial charge in [-0.1, -0.05) is 24.3 Å². The maximum absolute atomic E-state index is 12.6. The van der Waals surface area contributed by atoms with Gasteiger partial charge >= 0.3 is 0 Å². The van der Waals surface area contributed by atoms with Gasteiger partial charge in [-0.15, -0.1) is 0 Å². The zero-order valence-electron chi connectivity index (χ0n) is 18.0. The molecule has 1 heterocycles. The van der Waals surface area contributed by atoms with Gasteiger partial charge in [-0.3, -0.25) is 4.79 Å². The highest BCUT2D eigenvalue weighted by atomic mass is 32.2. The van der Waals surface area contributed by atoms with Crippen molar-refractivity contribution >= 4 is 23.7 Å². The predicted octanol–water partition coefficient (Wildman–Crippen LogP) is 5.51. The van der Waals surface area contributed by atoms with E-state index in [-0.39, 0.29) is 11.7 Å². The van der Waals surface area contributed by atoms with Crippen LogP contribution in [0.5, 0.6) is 11.5 Å². The number of benzene rings is 3. The van der Waals surface area contributed by atoms with Crippen molar-refractivity contribution in [3.8, 4) is 22.6 Å². The molecular weight excluding hydrogens is 434 g/mol. The second-order valence-electron chi connectivity index (χ2n) is 7.24. The molecule has 0 bridgehead atoms. The normalized spacial score (nSPS) is 10.5. The topological polar surface area (TPSA) is 83.5 Å². The molecule has 0 aliphatic heterocycles. The summed E-state index contributed by atoms with van der Waals surface area (Å²) in [6.45, 7) is 0.392. The maximum Gasteiger partial charge on any atom is 0.251 e. The lowest BCUT2D eigenvalue weighted by molar-refractivity contribution is 0.0951. The largest absolute Gasteiger partial charge is 0.508 e. The second kappa shape index (κ2) is 10.6. The highest BCUT2D eigenvalue weighted by Gasteiger charge is 2.07. The SMILES string of the molecule is COc1ccc(SNc2cc(CNC(=O)c3ccc(-c4ccc(O)cc4)cc3)ccn2)cc1. The first kappa shape index (κ1) is 22.2. The number of aromatic nitrogens is 1. The first-order chi connectivity index (χ1) is 16.1. The van der Waals surface area contributed by atoms with Gasteiger partial charge in [-0.2, -0.15) is 0 Å². The maximum atomic E-state index is 12.6. The Balaban J connectivity index is 1.32. The Morgan fingerprint density at radius 1 is 0.939 bits per heavy atom. The van der Waals surface area contributed by atoms with E-state index in [2.05, 4.69) is 15.0 Å². The summed E-state index contributed by atoms with van der Waals surface area (Å²) in [6.07, 6.45) is 1.71. The zero-order valence-corrected chi connectivity index (χ0v) is 18.8. The monoisotopic (exact) mass is 457 g/mol. The Labute approximate surface area is 196 Å². The van der Waals surface area contributed by atoms with Crippen LogP contribution in [0.2, 0.25) is 0 Å². The molecule has 0 saturated heterocycles. The van der Waals surface area contributed by atoms with Crippen LogP contribution >= 0.6 is 11.9 Å². The van der Waals surface area contributed by atoms with E-state index >= 15 is 0 Å². The molecule has 3 N–H and O–H groups in total. The van der Waals surface area contributed by atoms with Gasteiger partial charge in [0.2, 0.25) is 0 Å². The molecule has 33 heavy (non-hydrogen) atoms. The molecule has 166 valence electrons. The summed E-state index contributed by atoms with van der Waals surface area (Å²) in [7, 11) is 1.64. The Kier molecular flexibility index (Phi) is 7.12. The van der Waals surface area contributed by atoms with Gasteiger partial charge < -0.3 is 19.9 Å². The number of pyridine rings is 1. The molecular formula is C26H23N3O3S. The first-order valence-corrected chi connectivity index (χ1v) is 11.1. The van der Waals surface area contributed by atoms with Crippen molar-refractivity contribution in [2.24, 2.45) is 0 Å². The lowest BCUT2D eigenvalue weighted by Crippen LogP contribution is -2.22.